The lowest BCUT2D eigenvalue weighted by atomic mass is 9.96. The molecule has 0 aromatic heterocycles. The standard InChI is InChI=1S/C14H20N2O/c1-10(2)13(11-6-4-3-5-7-11)16-14(17)15-12-8-9-12/h3-7,10,12-13H,8-9H2,1-2H3,(H2,15,16,17). The molecule has 0 aliphatic heterocycles. The molecule has 1 fully saturated rings. The fraction of sp³-hybridized carbons (Fsp3) is 0.500. The second-order valence-electron chi connectivity index (χ2n) is 5.02. The predicted molar refractivity (Wildman–Crippen MR) is 68.7 cm³/mol. The summed E-state index contributed by atoms with van der Waals surface area (Å²) in [6.07, 6.45) is 2.23. The molecule has 2 N–H and O–H groups in total. The van der Waals surface area contributed by atoms with Crippen molar-refractivity contribution in [2.24, 2.45) is 5.92 Å². The van der Waals surface area contributed by atoms with Crippen LogP contribution in [0, 0.1) is 5.92 Å². The first-order valence-corrected chi connectivity index (χ1v) is 6.29. The average molecular weight is 232 g/mol. The van der Waals surface area contributed by atoms with Crippen LogP contribution in [-0.4, -0.2) is 12.1 Å². The molecule has 92 valence electrons. The zero-order valence-electron chi connectivity index (χ0n) is 10.4. The second-order valence-corrected chi connectivity index (χ2v) is 5.02. The van der Waals surface area contributed by atoms with Gasteiger partial charge < -0.3 is 10.6 Å². The summed E-state index contributed by atoms with van der Waals surface area (Å²) in [5.41, 5.74) is 1.16. The Morgan fingerprint density at radius 1 is 1.24 bits per heavy atom. The summed E-state index contributed by atoms with van der Waals surface area (Å²) >= 11 is 0. The molecule has 0 heterocycles. The quantitative estimate of drug-likeness (QED) is 0.823. The number of urea groups is 1. The molecule has 2 rings (SSSR count). The van der Waals surface area contributed by atoms with Crippen molar-refractivity contribution in [2.45, 2.75) is 38.8 Å². The van der Waals surface area contributed by atoms with Crippen molar-refractivity contribution >= 4 is 6.03 Å². The van der Waals surface area contributed by atoms with E-state index in [1.807, 2.05) is 18.2 Å². The number of hydrogen-bond acceptors (Lipinski definition) is 1. The van der Waals surface area contributed by atoms with Gasteiger partial charge in [-0.05, 0) is 24.3 Å². The molecule has 0 spiro atoms. The highest BCUT2D eigenvalue weighted by molar-refractivity contribution is 5.75. The Hall–Kier alpha value is -1.51. The first-order chi connectivity index (χ1) is 8.16. The molecule has 0 bridgehead atoms. The van der Waals surface area contributed by atoms with Crippen molar-refractivity contribution in [1.29, 1.82) is 0 Å². The number of carbonyl (C=O) groups excluding carboxylic acids is 1. The molecule has 1 aliphatic rings. The molecular weight excluding hydrogens is 212 g/mol. The van der Waals surface area contributed by atoms with Crippen LogP contribution >= 0.6 is 0 Å². The lowest BCUT2D eigenvalue weighted by molar-refractivity contribution is 0.232. The number of nitrogens with one attached hydrogen (secondary N) is 2. The first-order valence-electron chi connectivity index (χ1n) is 6.29. The van der Waals surface area contributed by atoms with E-state index in [4.69, 9.17) is 0 Å². The van der Waals surface area contributed by atoms with E-state index in [2.05, 4.69) is 36.6 Å². The van der Waals surface area contributed by atoms with Crippen molar-refractivity contribution in [3.63, 3.8) is 0 Å². The van der Waals surface area contributed by atoms with Crippen LogP contribution in [0.3, 0.4) is 0 Å². The van der Waals surface area contributed by atoms with E-state index in [-0.39, 0.29) is 12.1 Å². The van der Waals surface area contributed by atoms with Crippen LogP contribution in [0.4, 0.5) is 4.79 Å². The highest BCUT2D eigenvalue weighted by Gasteiger charge is 2.25. The molecule has 1 aromatic rings. The predicted octanol–water partition coefficient (Wildman–Crippen LogP) is 2.85. The average Bonchev–Trinajstić information content (AvgIpc) is 3.10. The molecule has 2 amide bonds. The topological polar surface area (TPSA) is 41.1 Å². The van der Waals surface area contributed by atoms with Crippen LogP contribution in [0.1, 0.15) is 38.3 Å². The minimum absolute atomic E-state index is 0.0462. The minimum Gasteiger partial charge on any atom is -0.335 e. The molecule has 3 heteroatoms. The van der Waals surface area contributed by atoms with Crippen molar-refractivity contribution in [3.05, 3.63) is 35.9 Å². The zero-order chi connectivity index (χ0) is 12.3. The minimum atomic E-state index is -0.0462. The lowest BCUT2D eigenvalue weighted by Crippen LogP contribution is -2.40. The van der Waals surface area contributed by atoms with Gasteiger partial charge in [-0.3, -0.25) is 0 Å². The smallest absolute Gasteiger partial charge is 0.315 e. The molecule has 3 nitrogen and oxygen atoms in total. The van der Waals surface area contributed by atoms with Crippen LogP contribution < -0.4 is 10.6 Å². The van der Waals surface area contributed by atoms with E-state index in [9.17, 15) is 4.79 Å². The summed E-state index contributed by atoms with van der Waals surface area (Å²) in [6, 6.07) is 10.6. The van der Waals surface area contributed by atoms with Gasteiger partial charge in [-0.1, -0.05) is 44.2 Å². The maximum absolute atomic E-state index is 11.8. The van der Waals surface area contributed by atoms with Gasteiger partial charge in [0.1, 0.15) is 0 Å². The Bertz CT molecular complexity index is 371. The van der Waals surface area contributed by atoms with E-state index >= 15 is 0 Å². The second kappa shape index (κ2) is 5.21. The molecule has 1 aromatic carbocycles. The Morgan fingerprint density at radius 2 is 1.88 bits per heavy atom. The maximum atomic E-state index is 11.8. The number of rotatable bonds is 4. The van der Waals surface area contributed by atoms with E-state index in [0.717, 1.165) is 18.4 Å². The fourth-order valence-corrected chi connectivity index (χ4v) is 1.89. The molecule has 1 unspecified atom stereocenters. The zero-order valence-corrected chi connectivity index (χ0v) is 10.4. The van der Waals surface area contributed by atoms with Crippen molar-refractivity contribution < 1.29 is 4.79 Å². The van der Waals surface area contributed by atoms with Gasteiger partial charge in [-0.2, -0.15) is 0 Å². The Morgan fingerprint density at radius 3 is 2.41 bits per heavy atom. The summed E-state index contributed by atoms with van der Waals surface area (Å²) in [6.45, 7) is 4.24. The molecule has 17 heavy (non-hydrogen) atoms. The Balaban J connectivity index is 1.99. The van der Waals surface area contributed by atoms with Crippen molar-refractivity contribution in [2.75, 3.05) is 0 Å². The third kappa shape index (κ3) is 3.48. The highest BCUT2D eigenvalue weighted by atomic mass is 16.2. The number of hydrogen-bond donors (Lipinski definition) is 2. The summed E-state index contributed by atoms with van der Waals surface area (Å²) in [7, 11) is 0. The number of amides is 2. The van der Waals surface area contributed by atoms with E-state index in [0.29, 0.717) is 12.0 Å². The van der Waals surface area contributed by atoms with Crippen LogP contribution in [0.25, 0.3) is 0 Å². The highest BCUT2D eigenvalue weighted by Crippen LogP contribution is 2.22. The van der Waals surface area contributed by atoms with Gasteiger partial charge in [0.25, 0.3) is 0 Å². The van der Waals surface area contributed by atoms with Gasteiger partial charge in [0.15, 0.2) is 0 Å². The maximum Gasteiger partial charge on any atom is 0.315 e. The summed E-state index contributed by atoms with van der Waals surface area (Å²) in [5.74, 6) is 0.377. The van der Waals surface area contributed by atoms with Crippen LogP contribution in [0.5, 0.6) is 0 Å². The summed E-state index contributed by atoms with van der Waals surface area (Å²) in [4.78, 5) is 11.8. The monoisotopic (exact) mass is 232 g/mol. The third-order valence-electron chi connectivity index (χ3n) is 3.02. The first kappa shape index (κ1) is 12.0. The van der Waals surface area contributed by atoms with Crippen LogP contribution in [0.2, 0.25) is 0 Å². The van der Waals surface area contributed by atoms with E-state index < -0.39 is 0 Å². The SMILES string of the molecule is CC(C)C(NC(=O)NC1CC1)c1ccccc1. The van der Waals surface area contributed by atoms with Crippen molar-refractivity contribution in [1.82, 2.24) is 10.6 Å². The molecule has 1 aliphatic carbocycles. The van der Waals surface area contributed by atoms with Gasteiger partial charge in [0.05, 0.1) is 6.04 Å². The fourth-order valence-electron chi connectivity index (χ4n) is 1.89. The van der Waals surface area contributed by atoms with E-state index in [1.165, 1.54) is 0 Å². The molecule has 0 radical (unpaired) electrons. The largest absolute Gasteiger partial charge is 0.335 e. The van der Waals surface area contributed by atoms with Gasteiger partial charge in [-0.25, -0.2) is 4.79 Å². The Kier molecular flexibility index (Phi) is 3.67. The molecule has 1 atom stereocenters. The molecule has 0 saturated heterocycles. The summed E-state index contributed by atoms with van der Waals surface area (Å²) in [5, 5.41) is 6.01. The lowest BCUT2D eigenvalue weighted by Gasteiger charge is -2.23. The molecular formula is C14H20N2O. The summed E-state index contributed by atoms with van der Waals surface area (Å²) < 4.78 is 0. The third-order valence-corrected chi connectivity index (χ3v) is 3.02. The van der Waals surface area contributed by atoms with E-state index in [1.54, 1.807) is 0 Å². The van der Waals surface area contributed by atoms with Gasteiger partial charge >= 0.3 is 6.03 Å². The van der Waals surface area contributed by atoms with Gasteiger partial charge in [0, 0.05) is 6.04 Å². The van der Waals surface area contributed by atoms with Crippen LogP contribution in [-0.2, 0) is 0 Å². The Labute approximate surface area is 103 Å². The van der Waals surface area contributed by atoms with Crippen molar-refractivity contribution in [3.8, 4) is 0 Å². The molecule has 1 saturated carbocycles. The van der Waals surface area contributed by atoms with Gasteiger partial charge in [-0.15, -0.1) is 0 Å². The number of carbonyl (C=O) groups is 1. The number of benzene rings is 1. The van der Waals surface area contributed by atoms with Crippen LogP contribution in [0.15, 0.2) is 30.3 Å². The normalized spacial score (nSPS) is 16.6. The van der Waals surface area contributed by atoms with Gasteiger partial charge in [0.2, 0.25) is 0 Å².